The molecule has 0 heterocycles. The van der Waals surface area contributed by atoms with Gasteiger partial charge in [0.25, 0.3) is 0 Å². The quantitative estimate of drug-likeness (QED) is 0.688. The SMILES string of the molecule is CCCCc1cc(OC)cc(C(O)c2cc(OC)cc(OC)c2)c1C=O. The van der Waals surface area contributed by atoms with Gasteiger partial charge >= 0.3 is 0 Å². The molecule has 0 spiro atoms. The van der Waals surface area contributed by atoms with Crippen molar-refractivity contribution in [3.63, 3.8) is 0 Å². The molecule has 2 rings (SSSR count). The number of aliphatic hydroxyl groups excluding tert-OH is 1. The highest BCUT2D eigenvalue weighted by atomic mass is 16.5. The standard InChI is InChI=1S/C21H26O5/c1-5-6-7-14-8-18(26-4)12-19(20(14)13-22)21(23)15-9-16(24-2)11-17(10-15)25-3/h8-13,21,23H,5-7H2,1-4H3. The fourth-order valence-corrected chi connectivity index (χ4v) is 2.94. The summed E-state index contributed by atoms with van der Waals surface area (Å²) in [4.78, 5) is 11.8. The van der Waals surface area contributed by atoms with Crippen molar-refractivity contribution in [1.29, 1.82) is 0 Å². The number of benzene rings is 2. The van der Waals surface area contributed by atoms with Gasteiger partial charge in [-0.25, -0.2) is 0 Å². The summed E-state index contributed by atoms with van der Waals surface area (Å²) < 4.78 is 15.9. The Morgan fingerprint density at radius 2 is 1.54 bits per heavy atom. The first kappa shape index (κ1) is 19.8. The largest absolute Gasteiger partial charge is 0.497 e. The van der Waals surface area contributed by atoms with Gasteiger partial charge in [0.05, 0.1) is 21.3 Å². The van der Waals surface area contributed by atoms with Crippen molar-refractivity contribution < 1.29 is 24.1 Å². The number of ether oxygens (including phenoxy) is 3. The first-order chi connectivity index (χ1) is 12.6. The van der Waals surface area contributed by atoms with E-state index in [0.717, 1.165) is 31.1 Å². The number of rotatable bonds is 9. The molecule has 140 valence electrons. The Morgan fingerprint density at radius 1 is 0.962 bits per heavy atom. The van der Waals surface area contributed by atoms with Gasteiger partial charge in [0.2, 0.25) is 0 Å². The van der Waals surface area contributed by atoms with Crippen molar-refractivity contribution in [2.45, 2.75) is 32.3 Å². The molecule has 1 atom stereocenters. The van der Waals surface area contributed by atoms with Crippen LogP contribution in [0.5, 0.6) is 17.2 Å². The van der Waals surface area contributed by atoms with Gasteiger partial charge < -0.3 is 19.3 Å². The van der Waals surface area contributed by atoms with E-state index in [1.807, 2.05) is 6.07 Å². The zero-order valence-electron chi connectivity index (χ0n) is 15.7. The Bertz CT molecular complexity index is 732. The Balaban J connectivity index is 2.56. The van der Waals surface area contributed by atoms with Crippen LogP contribution in [0.1, 0.15) is 52.9 Å². The molecule has 0 aliphatic carbocycles. The van der Waals surface area contributed by atoms with Crippen LogP contribution in [0.4, 0.5) is 0 Å². The number of carbonyl (C=O) groups excluding carboxylic acids is 1. The normalized spacial score (nSPS) is 11.7. The molecule has 2 aromatic rings. The summed E-state index contributed by atoms with van der Waals surface area (Å²) in [6.45, 7) is 2.10. The van der Waals surface area contributed by atoms with Crippen LogP contribution in [0.15, 0.2) is 30.3 Å². The first-order valence-electron chi connectivity index (χ1n) is 8.64. The molecule has 0 radical (unpaired) electrons. The Hall–Kier alpha value is -2.53. The molecule has 0 saturated carbocycles. The summed E-state index contributed by atoms with van der Waals surface area (Å²) in [6.07, 6.45) is 2.52. The summed E-state index contributed by atoms with van der Waals surface area (Å²) in [7, 11) is 4.68. The highest BCUT2D eigenvalue weighted by Gasteiger charge is 2.20. The predicted octanol–water partition coefficient (Wildman–Crippen LogP) is 3.95. The number of unbranched alkanes of at least 4 members (excludes halogenated alkanes) is 1. The van der Waals surface area contributed by atoms with E-state index in [2.05, 4.69) is 6.92 Å². The molecule has 0 saturated heterocycles. The van der Waals surface area contributed by atoms with E-state index in [1.54, 1.807) is 45.6 Å². The van der Waals surface area contributed by atoms with Crippen molar-refractivity contribution in [3.05, 3.63) is 52.6 Å². The molecule has 2 aromatic carbocycles. The van der Waals surface area contributed by atoms with Gasteiger partial charge in [0, 0.05) is 11.6 Å². The molecular formula is C21H26O5. The molecular weight excluding hydrogens is 332 g/mol. The molecule has 0 amide bonds. The van der Waals surface area contributed by atoms with Crippen LogP contribution < -0.4 is 14.2 Å². The summed E-state index contributed by atoms with van der Waals surface area (Å²) in [5, 5.41) is 11.0. The number of hydrogen-bond donors (Lipinski definition) is 1. The van der Waals surface area contributed by atoms with Crippen LogP contribution in [0.3, 0.4) is 0 Å². The Morgan fingerprint density at radius 3 is 2.04 bits per heavy atom. The number of aldehydes is 1. The van der Waals surface area contributed by atoms with E-state index < -0.39 is 6.10 Å². The maximum Gasteiger partial charge on any atom is 0.150 e. The third-order valence-corrected chi connectivity index (χ3v) is 4.41. The first-order valence-corrected chi connectivity index (χ1v) is 8.64. The van der Waals surface area contributed by atoms with Gasteiger partial charge in [-0.1, -0.05) is 13.3 Å². The van der Waals surface area contributed by atoms with Crippen molar-refractivity contribution in [1.82, 2.24) is 0 Å². The molecule has 0 aliphatic rings. The lowest BCUT2D eigenvalue weighted by Gasteiger charge is -2.19. The molecule has 1 unspecified atom stereocenters. The van der Waals surface area contributed by atoms with Gasteiger partial charge in [0.15, 0.2) is 6.29 Å². The fraction of sp³-hybridized carbons (Fsp3) is 0.381. The second-order valence-electron chi connectivity index (χ2n) is 6.06. The average molecular weight is 358 g/mol. The van der Waals surface area contributed by atoms with Crippen molar-refractivity contribution >= 4 is 6.29 Å². The average Bonchev–Trinajstić information content (AvgIpc) is 2.70. The zero-order chi connectivity index (χ0) is 19.1. The lowest BCUT2D eigenvalue weighted by atomic mass is 9.91. The van der Waals surface area contributed by atoms with Crippen molar-refractivity contribution in [2.75, 3.05) is 21.3 Å². The molecule has 5 heteroatoms. The lowest BCUT2D eigenvalue weighted by Crippen LogP contribution is -2.08. The molecule has 1 N–H and O–H groups in total. The minimum absolute atomic E-state index is 0.508. The Kier molecular flexibility index (Phi) is 7.04. The van der Waals surface area contributed by atoms with Crippen LogP contribution in [0.25, 0.3) is 0 Å². The van der Waals surface area contributed by atoms with Gasteiger partial charge in [-0.3, -0.25) is 4.79 Å². The van der Waals surface area contributed by atoms with Crippen molar-refractivity contribution in [3.8, 4) is 17.2 Å². The van der Waals surface area contributed by atoms with E-state index in [9.17, 15) is 9.90 Å². The summed E-state index contributed by atoms with van der Waals surface area (Å²) in [6, 6.07) is 8.76. The predicted molar refractivity (Wildman–Crippen MR) is 101 cm³/mol. The van der Waals surface area contributed by atoms with Crippen LogP contribution in [0.2, 0.25) is 0 Å². The summed E-state index contributed by atoms with van der Waals surface area (Å²) >= 11 is 0. The topological polar surface area (TPSA) is 65.0 Å². The van der Waals surface area contributed by atoms with Crippen LogP contribution >= 0.6 is 0 Å². The number of methoxy groups -OCH3 is 3. The molecule has 0 aromatic heterocycles. The molecule has 0 bridgehead atoms. The van der Waals surface area contributed by atoms with E-state index >= 15 is 0 Å². The Labute approximate surface area is 154 Å². The summed E-state index contributed by atoms with van der Waals surface area (Å²) in [5.41, 5.74) is 2.48. The maximum absolute atomic E-state index is 11.8. The molecule has 26 heavy (non-hydrogen) atoms. The van der Waals surface area contributed by atoms with Gasteiger partial charge in [0.1, 0.15) is 23.4 Å². The number of carbonyl (C=O) groups is 1. The minimum Gasteiger partial charge on any atom is -0.497 e. The third-order valence-electron chi connectivity index (χ3n) is 4.41. The van der Waals surface area contributed by atoms with Crippen LogP contribution in [0, 0.1) is 0 Å². The van der Waals surface area contributed by atoms with Crippen LogP contribution in [-0.4, -0.2) is 32.7 Å². The second kappa shape index (κ2) is 9.25. The minimum atomic E-state index is -1.00. The highest BCUT2D eigenvalue weighted by Crippen LogP contribution is 2.34. The molecule has 0 aliphatic heterocycles. The van der Waals surface area contributed by atoms with Crippen LogP contribution in [-0.2, 0) is 6.42 Å². The van der Waals surface area contributed by atoms with E-state index in [1.165, 1.54) is 0 Å². The third kappa shape index (κ3) is 4.35. The smallest absolute Gasteiger partial charge is 0.150 e. The van der Waals surface area contributed by atoms with E-state index in [0.29, 0.717) is 33.9 Å². The molecule has 5 nitrogen and oxygen atoms in total. The zero-order valence-corrected chi connectivity index (χ0v) is 15.7. The monoisotopic (exact) mass is 358 g/mol. The fourth-order valence-electron chi connectivity index (χ4n) is 2.94. The van der Waals surface area contributed by atoms with Gasteiger partial charge in [-0.15, -0.1) is 0 Å². The maximum atomic E-state index is 11.8. The van der Waals surface area contributed by atoms with E-state index in [-0.39, 0.29) is 0 Å². The number of hydrogen-bond acceptors (Lipinski definition) is 5. The number of aliphatic hydroxyl groups is 1. The van der Waals surface area contributed by atoms with E-state index in [4.69, 9.17) is 14.2 Å². The van der Waals surface area contributed by atoms with Gasteiger partial charge in [-0.05, 0) is 53.8 Å². The van der Waals surface area contributed by atoms with Crippen molar-refractivity contribution in [2.24, 2.45) is 0 Å². The lowest BCUT2D eigenvalue weighted by molar-refractivity contribution is 0.111. The second-order valence-corrected chi connectivity index (χ2v) is 6.06. The summed E-state index contributed by atoms with van der Waals surface area (Å²) in [5.74, 6) is 1.76. The highest BCUT2D eigenvalue weighted by molar-refractivity contribution is 5.81. The van der Waals surface area contributed by atoms with Gasteiger partial charge in [-0.2, -0.15) is 0 Å². The number of aryl methyl sites for hydroxylation is 1. The molecule has 0 fully saturated rings.